The van der Waals surface area contributed by atoms with Crippen LogP contribution in [0.4, 0.5) is 0 Å². The van der Waals surface area contributed by atoms with Crippen LogP contribution in [0, 0.1) is 4.91 Å². The van der Waals surface area contributed by atoms with Gasteiger partial charge in [0.05, 0.1) is 5.29 Å². The van der Waals surface area contributed by atoms with Gasteiger partial charge in [0.1, 0.15) is 0 Å². The Morgan fingerprint density at radius 3 is 2.67 bits per heavy atom. The number of nitrogens with zero attached hydrogens (tertiary/aromatic N) is 2. The van der Waals surface area contributed by atoms with Crippen LogP contribution < -0.4 is 0 Å². The zero-order valence-corrected chi connectivity index (χ0v) is 5.04. The van der Waals surface area contributed by atoms with Crippen molar-refractivity contribution in [3.8, 4) is 0 Å². The van der Waals surface area contributed by atoms with E-state index in [0.717, 1.165) is 17.9 Å². The predicted molar refractivity (Wildman–Crippen MR) is 31.4 cm³/mol. The van der Waals surface area contributed by atoms with Crippen molar-refractivity contribution >= 4 is 5.91 Å². The van der Waals surface area contributed by atoms with Crippen molar-refractivity contribution in [1.82, 2.24) is 5.01 Å². The molecule has 0 saturated carbocycles. The third-order valence-electron chi connectivity index (χ3n) is 1.40. The maximum atomic E-state index is 10.7. The van der Waals surface area contributed by atoms with Crippen molar-refractivity contribution in [2.45, 2.75) is 19.3 Å². The molecule has 0 aromatic carbocycles. The summed E-state index contributed by atoms with van der Waals surface area (Å²) in [5.74, 6) is -0.142. The summed E-state index contributed by atoms with van der Waals surface area (Å²) in [5.41, 5.74) is 0. The van der Waals surface area contributed by atoms with Gasteiger partial charge in [-0.2, -0.15) is 5.01 Å². The number of carbonyl (C=O) groups is 1. The van der Waals surface area contributed by atoms with Gasteiger partial charge < -0.3 is 0 Å². The molecule has 0 atom stereocenters. The Balaban J connectivity index is 2.48. The van der Waals surface area contributed by atoms with E-state index in [1.807, 2.05) is 0 Å². The second kappa shape index (κ2) is 2.57. The van der Waals surface area contributed by atoms with Crippen molar-refractivity contribution in [1.29, 1.82) is 0 Å². The normalized spacial score (nSPS) is 20.0. The Morgan fingerprint density at radius 1 is 1.44 bits per heavy atom. The van der Waals surface area contributed by atoms with Gasteiger partial charge >= 0.3 is 0 Å². The Morgan fingerprint density at radius 2 is 2.22 bits per heavy atom. The molecule has 0 bridgehead atoms. The zero-order chi connectivity index (χ0) is 6.69. The Labute approximate surface area is 52.8 Å². The highest BCUT2D eigenvalue weighted by Crippen LogP contribution is 2.09. The number of hydrogen-bond donors (Lipinski definition) is 0. The molecule has 0 spiro atoms. The van der Waals surface area contributed by atoms with Crippen LogP contribution >= 0.6 is 0 Å². The molecule has 0 radical (unpaired) electrons. The molecule has 1 aliphatic rings. The van der Waals surface area contributed by atoms with Crippen LogP contribution in [-0.2, 0) is 4.79 Å². The molecule has 1 heterocycles. The van der Waals surface area contributed by atoms with Gasteiger partial charge in [0, 0.05) is 13.0 Å². The molecule has 0 N–H and O–H groups in total. The molecule has 9 heavy (non-hydrogen) atoms. The molecular weight excluding hydrogens is 120 g/mol. The summed E-state index contributed by atoms with van der Waals surface area (Å²) >= 11 is 0. The monoisotopic (exact) mass is 128 g/mol. The summed E-state index contributed by atoms with van der Waals surface area (Å²) in [5, 5.41) is 3.55. The van der Waals surface area contributed by atoms with Crippen LogP contribution in [0.15, 0.2) is 5.29 Å². The highest BCUT2D eigenvalue weighted by molar-refractivity contribution is 5.76. The zero-order valence-electron chi connectivity index (χ0n) is 5.04. The van der Waals surface area contributed by atoms with Crippen LogP contribution in [0.25, 0.3) is 0 Å². The second-order valence-corrected chi connectivity index (χ2v) is 2.06. The molecule has 4 heteroatoms. The maximum Gasteiger partial charge on any atom is 0.245 e. The van der Waals surface area contributed by atoms with Crippen molar-refractivity contribution in [2.75, 3.05) is 6.54 Å². The lowest BCUT2D eigenvalue weighted by Crippen LogP contribution is -2.29. The average molecular weight is 128 g/mol. The fraction of sp³-hybridized carbons (Fsp3) is 0.800. The Kier molecular flexibility index (Phi) is 1.77. The summed E-state index contributed by atoms with van der Waals surface area (Å²) in [7, 11) is 0. The van der Waals surface area contributed by atoms with E-state index in [1.54, 1.807) is 0 Å². The van der Waals surface area contributed by atoms with Crippen LogP contribution in [0.3, 0.4) is 0 Å². The van der Waals surface area contributed by atoms with Gasteiger partial charge in [0.2, 0.25) is 5.91 Å². The topological polar surface area (TPSA) is 49.7 Å². The number of amides is 1. The summed E-state index contributed by atoms with van der Waals surface area (Å²) < 4.78 is 0. The second-order valence-electron chi connectivity index (χ2n) is 2.06. The van der Waals surface area contributed by atoms with Gasteiger partial charge in [-0.1, -0.05) is 0 Å². The van der Waals surface area contributed by atoms with Crippen molar-refractivity contribution in [2.24, 2.45) is 5.29 Å². The number of piperidine rings is 1. The number of carbonyl (C=O) groups excluding carboxylic acids is 1. The fourth-order valence-electron chi connectivity index (χ4n) is 0.878. The molecule has 0 aromatic heterocycles. The quantitative estimate of drug-likeness (QED) is 0.487. The Bertz CT molecular complexity index is 135. The minimum atomic E-state index is -0.142. The van der Waals surface area contributed by atoms with E-state index in [-0.39, 0.29) is 5.91 Å². The van der Waals surface area contributed by atoms with Crippen molar-refractivity contribution in [3.05, 3.63) is 4.91 Å². The maximum absolute atomic E-state index is 10.7. The van der Waals surface area contributed by atoms with Gasteiger partial charge in [0.15, 0.2) is 0 Å². The third-order valence-corrected chi connectivity index (χ3v) is 1.40. The largest absolute Gasteiger partial charge is 0.273 e. The molecule has 1 rings (SSSR count). The molecule has 0 aromatic rings. The van der Waals surface area contributed by atoms with E-state index in [2.05, 4.69) is 5.29 Å². The lowest BCUT2D eigenvalue weighted by molar-refractivity contribution is -0.133. The molecule has 4 nitrogen and oxygen atoms in total. The van der Waals surface area contributed by atoms with E-state index in [9.17, 15) is 9.70 Å². The minimum absolute atomic E-state index is 0.142. The van der Waals surface area contributed by atoms with Crippen LogP contribution in [0.2, 0.25) is 0 Å². The fourth-order valence-corrected chi connectivity index (χ4v) is 0.878. The van der Waals surface area contributed by atoms with Gasteiger partial charge in [-0.05, 0) is 12.8 Å². The molecule has 50 valence electrons. The summed E-state index contributed by atoms with van der Waals surface area (Å²) in [6.45, 7) is 0.502. The average Bonchev–Trinajstić information content (AvgIpc) is 1.89. The third kappa shape index (κ3) is 1.25. The smallest absolute Gasteiger partial charge is 0.245 e. The number of nitroso groups, excluding NO2 is 1. The van der Waals surface area contributed by atoms with E-state index in [4.69, 9.17) is 0 Å². The SMILES string of the molecule is O=NN1CCCCC1=O. The van der Waals surface area contributed by atoms with E-state index in [1.165, 1.54) is 0 Å². The first-order valence-corrected chi connectivity index (χ1v) is 2.98. The van der Waals surface area contributed by atoms with Gasteiger partial charge in [-0.3, -0.25) is 4.79 Å². The number of rotatable bonds is 1. The van der Waals surface area contributed by atoms with Crippen molar-refractivity contribution < 1.29 is 4.79 Å². The standard InChI is InChI=1S/C5H8N2O2/c8-5-3-1-2-4-7(5)6-9/h1-4H2. The molecule has 1 amide bonds. The Hall–Kier alpha value is -0.930. The lowest BCUT2D eigenvalue weighted by atomic mass is 10.1. The first-order chi connectivity index (χ1) is 4.34. The van der Waals surface area contributed by atoms with Gasteiger partial charge in [-0.25, -0.2) is 0 Å². The summed E-state index contributed by atoms with van der Waals surface area (Å²) in [6.07, 6.45) is 2.27. The van der Waals surface area contributed by atoms with Gasteiger partial charge in [0.25, 0.3) is 0 Å². The van der Waals surface area contributed by atoms with Crippen molar-refractivity contribution in [3.63, 3.8) is 0 Å². The van der Waals surface area contributed by atoms with E-state index in [0.29, 0.717) is 13.0 Å². The van der Waals surface area contributed by atoms with Gasteiger partial charge in [-0.15, -0.1) is 4.91 Å². The van der Waals surface area contributed by atoms with Crippen LogP contribution in [-0.4, -0.2) is 17.5 Å². The molecule has 1 fully saturated rings. The summed E-state index contributed by atoms with van der Waals surface area (Å²) in [6, 6.07) is 0. The molecule has 0 unspecified atom stereocenters. The van der Waals surface area contributed by atoms with Crippen LogP contribution in [0.1, 0.15) is 19.3 Å². The first-order valence-electron chi connectivity index (χ1n) is 2.98. The van der Waals surface area contributed by atoms with Crippen LogP contribution in [0.5, 0.6) is 0 Å². The minimum Gasteiger partial charge on any atom is -0.273 e. The summed E-state index contributed by atoms with van der Waals surface area (Å²) in [4.78, 5) is 20.5. The predicted octanol–water partition coefficient (Wildman–Crippen LogP) is 0.680. The van der Waals surface area contributed by atoms with E-state index < -0.39 is 0 Å². The molecule has 1 saturated heterocycles. The highest BCUT2D eigenvalue weighted by Gasteiger charge is 2.17. The molecular formula is C5H8N2O2. The first kappa shape index (κ1) is 6.19. The number of hydrogen-bond acceptors (Lipinski definition) is 3. The van der Waals surface area contributed by atoms with E-state index >= 15 is 0 Å². The molecule has 0 aliphatic carbocycles. The molecule has 1 aliphatic heterocycles. The lowest BCUT2D eigenvalue weighted by Gasteiger charge is -2.17. The highest BCUT2D eigenvalue weighted by atomic mass is 16.3.